The molecule has 0 aliphatic rings. The minimum Gasteiger partial charge on any atom is -0.270 e. The first-order chi connectivity index (χ1) is 9.86. The molecule has 0 aliphatic heterocycles. The second-order valence-electron chi connectivity index (χ2n) is 4.45. The van der Waals surface area contributed by atoms with Crippen LogP contribution in [0.15, 0.2) is 30.6 Å². The number of fused-ring (bicyclic) bond motifs is 1. The number of rotatable bonds is 1. The van der Waals surface area contributed by atoms with Gasteiger partial charge in [-0.1, -0.05) is 6.07 Å². The molecule has 2 heterocycles. The molecule has 0 unspecified atom stereocenters. The molecule has 0 spiro atoms. The van der Waals surface area contributed by atoms with Gasteiger partial charge >= 0.3 is 6.18 Å². The van der Waals surface area contributed by atoms with E-state index in [2.05, 4.69) is 15.2 Å². The Morgan fingerprint density at radius 1 is 1.14 bits per heavy atom. The zero-order valence-corrected chi connectivity index (χ0v) is 10.7. The minimum absolute atomic E-state index is 0.147. The number of nitrogens with zero attached hydrogens (tertiary/aromatic N) is 4. The highest BCUT2D eigenvalue weighted by atomic mass is 19.4. The maximum atomic E-state index is 13.1. The van der Waals surface area contributed by atoms with Gasteiger partial charge in [0.05, 0.1) is 5.56 Å². The van der Waals surface area contributed by atoms with Crippen LogP contribution in [0.1, 0.15) is 11.4 Å². The van der Waals surface area contributed by atoms with Gasteiger partial charge in [-0.15, -0.1) is 10.2 Å². The Labute approximate surface area is 116 Å². The third kappa shape index (κ3) is 2.32. The average molecular weight is 296 g/mol. The Kier molecular flexibility index (Phi) is 2.89. The molecular weight excluding hydrogens is 288 g/mol. The molecule has 0 N–H and O–H groups in total. The molecular formula is C13H8F4N4. The second kappa shape index (κ2) is 4.51. The Hall–Kier alpha value is -2.51. The van der Waals surface area contributed by atoms with E-state index >= 15 is 0 Å². The van der Waals surface area contributed by atoms with Gasteiger partial charge in [-0.25, -0.2) is 9.37 Å². The molecule has 4 nitrogen and oxygen atoms in total. The average Bonchev–Trinajstić information content (AvgIpc) is 2.79. The summed E-state index contributed by atoms with van der Waals surface area (Å²) in [6, 6.07) is 2.53. The maximum Gasteiger partial charge on any atom is 0.417 e. The monoisotopic (exact) mass is 296 g/mol. The lowest BCUT2D eigenvalue weighted by molar-refractivity contribution is -0.137. The number of aromatic nitrogens is 4. The van der Waals surface area contributed by atoms with Crippen LogP contribution in [0.25, 0.3) is 16.9 Å². The van der Waals surface area contributed by atoms with Crippen LogP contribution in [0.2, 0.25) is 0 Å². The summed E-state index contributed by atoms with van der Waals surface area (Å²) in [5.74, 6) is -0.164. The zero-order valence-electron chi connectivity index (χ0n) is 10.7. The van der Waals surface area contributed by atoms with Gasteiger partial charge in [-0.2, -0.15) is 13.2 Å². The third-order valence-corrected chi connectivity index (χ3v) is 3.03. The van der Waals surface area contributed by atoms with Crippen molar-refractivity contribution in [2.45, 2.75) is 13.1 Å². The van der Waals surface area contributed by atoms with Crippen LogP contribution in [0.5, 0.6) is 0 Å². The highest BCUT2D eigenvalue weighted by Gasteiger charge is 2.34. The smallest absolute Gasteiger partial charge is 0.270 e. The normalized spacial score (nSPS) is 12.0. The minimum atomic E-state index is -4.66. The van der Waals surface area contributed by atoms with Gasteiger partial charge in [0.1, 0.15) is 11.6 Å². The van der Waals surface area contributed by atoms with Gasteiger partial charge < -0.3 is 0 Å². The molecule has 0 fully saturated rings. The lowest BCUT2D eigenvalue weighted by Crippen LogP contribution is -2.08. The molecule has 1 aromatic carbocycles. The van der Waals surface area contributed by atoms with Crippen LogP contribution in [0.4, 0.5) is 17.6 Å². The summed E-state index contributed by atoms with van der Waals surface area (Å²) in [5, 5.41) is 7.54. The van der Waals surface area contributed by atoms with Gasteiger partial charge in [0.25, 0.3) is 5.78 Å². The number of aryl methyl sites for hydroxylation is 1. The van der Waals surface area contributed by atoms with Crippen molar-refractivity contribution >= 4 is 5.78 Å². The van der Waals surface area contributed by atoms with Crippen LogP contribution in [-0.2, 0) is 6.18 Å². The summed E-state index contributed by atoms with van der Waals surface area (Å²) >= 11 is 0. The van der Waals surface area contributed by atoms with Crippen LogP contribution in [-0.4, -0.2) is 19.6 Å². The van der Waals surface area contributed by atoms with E-state index in [-0.39, 0.29) is 16.9 Å². The van der Waals surface area contributed by atoms with Gasteiger partial charge in [0, 0.05) is 18.0 Å². The molecule has 3 rings (SSSR count). The first kappa shape index (κ1) is 13.5. The highest BCUT2D eigenvalue weighted by Crippen LogP contribution is 2.37. The van der Waals surface area contributed by atoms with E-state index in [0.29, 0.717) is 11.9 Å². The van der Waals surface area contributed by atoms with E-state index in [1.807, 2.05) is 0 Å². The van der Waals surface area contributed by atoms with E-state index in [1.165, 1.54) is 16.8 Å². The van der Waals surface area contributed by atoms with Crippen molar-refractivity contribution < 1.29 is 17.6 Å². The Morgan fingerprint density at radius 2 is 1.90 bits per heavy atom. The Balaban J connectivity index is 2.24. The fraction of sp³-hybridized carbons (Fsp3) is 0.154. The predicted molar refractivity (Wildman–Crippen MR) is 65.9 cm³/mol. The van der Waals surface area contributed by atoms with Crippen molar-refractivity contribution in [3.63, 3.8) is 0 Å². The summed E-state index contributed by atoms with van der Waals surface area (Å²) in [4.78, 5) is 3.95. The van der Waals surface area contributed by atoms with Crippen molar-refractivity contribution in [3.05, 3.63) is 47.8 Å². The zero-order chi connectivity index (χ0) is 15.2. The van der Waals surface area contributed by atoms with Crippen LogP contribution < -0.4 is 0 Å². The fourth-order valence-corrected chi connectivity index (χ4v) is 2.04. The first-order valence-electron chi connectivity index (χ1n) is 5.91. The molecule has 108 valence electrons. The van der Waals surface area contributed by atoms with E-state index in [4.69, 9.17) is 0 Å². The molecule has 21 heavy (non-hydrogen) atoms. The number of alkyl halides is 3. The third-order valence-electron chi connectivity index (χ3n) is 3.03. The predicted octanol–water partition coefficient (Wildman–Crippen LogP) is 3.26. The van der Waals surface area contributed by atoms with Gasteiger partial charge in [-0.05, 0) is 24.6 Å². The second-order valence-corrected chi connectivity index (χ2v) is 4.45. The molecule has 0 bridgehead atoms. The number of benzene rings is 1. The van der Waals surface area contributed by atoms with Crippen LogP contribution in [0.3, 0.4) is 0 Å². The lowest BCUT2D eigenvalue weighted by atomic mass is 10.0. The maximum absolute atomic E-state index is 13.1. The van der Waals surface area contributed by atoms with Gasteiger partial charge in [-0.3, -0.25) is 4.40 Å². The molecule has 0 atom stereocenters. The topological polar surface area (TPSA) is 43.1 Å². The lowest BCUT2D eigenvalue weighted by Gasteiger charge is -2.13. The van der Waals surface area contributed by atoms with Crippen molar-refractivity contribution in [2.75, 3.05) is 0 Å². The van der Waals surface area contributed by atoms with Crippen molar-refractivity contribution in [1.29, 1.82) is 0 Å². The molecule has 0 saturated carbocycles. The SMILES string of the molecule is Cc1nnc2ncc(-c3ccc(F)cc3C(F)(F)F)cn12. The van der Waals surface area contributed by atoms with Crippen molar-refractivity contribution in [2.24, 2.45) is 0 Å². The molecule has 3 aromatic rings. The molecule has 0 radical (unpaired) electrons. The summed E-state index contributed by atoms with van der Waals surface area (Å²) in [6.07, 6.45) is -1.96. The summed E-state index contributed by atoms with van der Waals surface area (Å²) < 4.78 is 53.7. The van der Waals surface area contributed by atoms with E-state index in [1.54, 1.807) is 6.92 Å². The summed E-state index contributed by atoms with van der Waals surface area (Å²) in [6.45, 7) is 1.65. The summed E-state index contributed by atoms with van der Waals surface area (Å²) in [5.41, 5.74) is -0.987. The molecule has 8 heteroatoms. The molecule has 0 amide bonds. The van der Waals surface area contributed by atoms with Crippen LogP contribution >= 0.6 is 0 Å². The largest absolute Gasteiger partial charge is 0.417 e. The number of hydrogen-bond donors (Lipinski definition) is 0. The summed E-state index contributed by atoms with van der Waals surface area (Å²) in [7, 11) is 0. The standard InChI is InChI=1S/C13H8F4N4/c1-7-19-20-12-18-5-8(6-21(7)12)10-3-2-9(14)4-11(10)13(15,16)17/h2-6H,1H3. The van der Waals surface area contributed by atoms with Gasteiger partial charge in [0.2, 0.25) is 0 Å². The quantitative estimate of drug-likeness (QED) is 0.647. The van der Waals surface area contributed by atoms with Gasteiger partial charge in [0.15, 0.2) is 0 Å². The number of hydrogen-bond acceptors (Lipinski definition) is 3. The van der Waals surface area contributed by atoms with Crippen molar-refractivity contribution in [1.82, 2.24) is 19.6 Å². The van der Waals surface area contributed by atoms with Crippen molar-refractivity contribution in [3.8, 4) is 11.1 Å². The number of halogens is 4. The van der Waals surface area contributed by atoms with E-state index in [0.717, 1.165) is 12.1 Å². The molecule has 0 saturated heterocycles. The highest BCUT2D eigenvalue weighted by molar-refractivity contribution is 5.67. The van der Waals surface area contributed by atoms with E-state index in [9.17, 15) is 17.6 Å². The Bertz CT molecular complexity index is 823. The Morgan fingerprint density at radius 3 is 2.62 bits per heavy atom. The van der Waals surface area contributed by atoms with Crippen LogP contribution in [0, 0.1) is 12.7 Å². The molecule has 2 aromatic heterocycles. The molecule has 0 aliphatic carbocycles. The fourth-order valence-electron chi connectivity index (χ4n) is 2.04. The van der Waals surface area contributed by atoms with E-state index < -0.39 is 17.6 Å². The first-order valence-corrected chi connectivity index (χ1v) is 5.91.